The molecule has 0 aliphatic rings. The van der Waals surface area contributed by atoms with Gasteiger partial charge >= 0.3 is 0 Å². The Morgan fingerprint density at radius 1 is 1.16 bits per heavy atom. The van der Waals surface area contributed by atoms with Crippen LogP contribution in [0.3, 0.4) is 0 Å². The van der Waals surface area contributed by atoms with Crippen molar-refractivity contribution in [1.29, 1.82) is 0 Å². The third-order valence-corrected chi connectivity index (χ3v) is 4.20. The van der Waals surface area contributed by atoms with Crippen LogP contribution in [0.5, 0.6) is 0 Å². The average Bonchev–Trinajstić information content (AvgIpc) is 2.61. The lowest BCUT2D eigenvalue weighted by atomic mass is 9.98. The molecule has 2 aromatic carbocycles. The molecule has 0 radical (unpaired) electrons. The Balaban J connectivity index is 2.23. The van der Waals surface area contributed by atoms with Gasteiger partial charge in [0, 0.05) is 23.0 Å². The van der Waals surface area contributed by atoms with Gasteiger partial charge in [-0.15, -0.1) is 0 Å². The van der Waals surface area contributed by atoms with Crippen LogP contribution in [0.25, 0.3) is 22.2 Å². The number of halogens is 1. The Kier molecular flexibility index (Phi) is 4.86. The van der Waals surface area contributed by atoms with E-state index in [1.165, 1.54) is 5.56 Å². The Labute approximate surface area is 152 Å². The van der Waals surface area contributed by atoms with E-state index < -0.39 is 0 Å². The highest BCUT2D eigenvalue weighted by Crippen LogP contribution is 2.31. The van der Waals surface area contributed by atoms with E-state index in [1.54, 1.807) is 7.05 Å². The molecule has 3 aromatic rings. The van der Waals surface area contributed by atoms with E-state index >= 15 is 0 Å². The first-order valence-corrected chi connectivity index (χ1v) is 8.42. The van der Waals surface area contributed by atoms with Gasteiger partial charge in [-0.25, -0.2) is 9.97 Å². The lowest BCUT2D eigenvalue weighted by Gasteiger charge is -2.12. The van der Waals surface area contributed by atoms with Gasteiger partial charge in [-0.1, -0.05) is 43.6 Å². The van der Waals surface area contributed by atoms with Crippen LogP contribution in [0.2, 0.25) is 5.02 Å². The minimum absolute atomic E-state index is 0.259. The van der Waals surface area contributed by atoms with Crippen molar-refractivity contribution in [2.24, 2.45) is 10.7 Å². The maximum absolute atomic E-state index is 6.20. The number of anilines is 1. The first kappa shape index (κ1) is 17.2. The number of nitrogens with one attached hydrogen (secondary N) is 1. The molecule has 3 N–H and O–H groups in total. The summed E-state index contributed by atoms with van der Waals surface area (Å²) in [6.45, 7) is 4.33. The monoisotopic (exact) mass is 353 g/mol. The SMILES string of the molecule is CN=C(N)Nc1nc(-c2cccc(C(C)C)c2)c2cc(Cl)ccc2n1. The summed E-state index contributed by atoms with van der Waals surface area (Å²) in [7, 11) is 1.61. The van der Waals surface area contributed by atoms with E-state index in [1.807, 2.05) is 30.3 Å². The second-order valence-electron chi connectivity index (χ2n) is 6.07. The predicted octanol–water partition coefficient (Wildman–Crippen LogP) is 4.43. The summed E-state index contributed by atoms with van der Waals surface area (Å²) < 4.78 is 0. The third-order valence-electron chi connectivity index (χ3n) is 3.97. The number of hydrogen-bond donors (Lipinski definition) is 2. The van der Waals surface area contributed by atoms with Gasteiger partial charge in [0.15, 0.2) is 5.96 Å². The molecule has 128 valence electrons. The van der Waals surface area contributed by atoms with Crippen molar-refractivity contribution < 1.29 is 0 Å². The lowest BCUT2D eigenvalue weighted by Crippen LogP contribution is -2.23. The zero-order chi connectivity index (χ0) is 18.0. The highest BCUT2D eigenvalue weighted by molar-refractivity contribution is 6.31. The van der Waals surface area contributed by atoms with Crippen molar-refractivity contribution >= 4 is 34.4 Å². The van der Waals surface area contributed by atoms with E-state index in [9.17, 15) is 0 Å². The van der Waals surface area contributed by atoms with Gasteiger partial charge in [0.25, 0.3) is 0 Å². The maximum atomic E-state index is 6.20. The third kappa shape index (κ3) is 3.72. The molecule has 3 rings (SSSR count). The molecule has 25 heavy (non-hydrogen) atoms. The van der Waals surface area contributed by atoms with Crippen molar-refractivity contribution in [1.82, 2.24) is 9.97 Å². The number of nitrogens with zero attached hydrogens (tertiary/aromatic N) is 3. The fraction of sp³-hybridized carbons (Fsp3) is 0.211. The van der Waals surface area contributed by atoms with Crippen LogP contribution in [-0.2, 0) is 0 Å². The smallest absolute Gasteiger partial charge is 0.230 e. The van der Waals surface area contributed by atoms with Crippen LogP contribution in [0, 0.1) is 0 Å². The van der Waals surface area contributed by atoms with Crippen LogP contribution in [0.4, 0.5) is 5.95 Å². The maximum Gasteiger partial charge on any atom is 0.230 e. The van der Waals surface area contributed by atoms with E-state index in [2.05, 4.69) is 46.3 Å². The number of guanidine groups is 1. The second-order valence-corrected chi connectivity index (χ2v) is 6.51. The molecule has 6 heteroatoms. The van der Waals surface area contributed by atoms with E-state index in [0.717, 1.165) is 22.2 Å². The summed E-state index contributed by atoms with van der Waals surface area (Å²) in [6, 6.07) is 13.9. The molecule has 5 nitrogen and oxygen atoms in total. The zero-order valence-electron chi connectivity index (χ0n) is 14.4. The van der Waals surface area contributed by atoms with E-state index in [-0.39, 0.29) is 5.96 Å². The fourth-order valence-electron chi connectivity index (χ4n) is 2.59. The largest absolute Gasteiger partial charge is 0.370 e. The van der Waals surface area contributed by atoms with Gasteiger partial charge in [-0.3, -0.25) is 10.3 Å². The van der Waals surface area contributed by atoms with Gasteiger partial charge in [0.05, 0.1) is 11.2 Å². The molecule has 0 atom stereocenters. The van der Waals surface area contributed by atoms with Crippen LogP contribution >= 0.6 is 11.6 Å². The Morgan fingerprint density at radius 3 is 2.68 bits per heavy atom. The van der Waals surface area contributed by atoms with Crippen molar-refractivity contribution in [2.45, 2.75) is 19.8 Å². The summed E-state index contributed by atoms with van der Waals surface area (Å²) in [6.07, 6.45) is 0. The fourth-order valence-corrected chi connectivity index (χ4v) is 2.76. The number of fused-ring (bicyclic) bond motifs is 1. The lowest BCUT2D eigenvalue weighted by molar-refractivity contribution is 0.867. The number of hydrogen-bond acceptors (Lipinski definition) is 3. The molecule has 0 fully saturated rings. The molecule has 0 amide bonds. The molecule has 0 aliphatic heterocycles. The molecule has 0 saturated heterocycles. The normalized spacial score (nSPS) is 12.0. The van der Waals surface area contributed by atoms with Crippen LogP contribution in [-0.4, -0.2) is 23.0 Å². The van der Waals surface area contributed by atoms with E-state index in [0.29, 0.717) is 16.9 Å². The average molecular weight is 354 g/mol. The number of benzene rings is 2. The Bertz CT molecular complexity index is 950. The van der Waals surface area contributed by atoms with Gasteiger partial charge in [-0.2, -0.15) is 0 Å². The standard InChI is InChI=1S/C19H20ClN5/c1-11(2)12-5-4-6-13(9-12)17-15-10-14(20)7-8-16(15)23-19(24-17)25-18(21)22-3/h4-11H,1-3H3,(H3,21,22,23,24,25). The van der Waals surface area contributed by atoms with Crippen LogP contribution in [0.1, 0.15) is 25.3 Å². The van der Waals surface area contributed by atoms with Gasteiger partial charge in [0.2, 0.25) is 5.95 Å². The molecule has 0 saturated carbocycles. The van der Waals surface area contributed by atoms with Crippen molar-refractivity contribution in [3.05, 3.63) is 53.1 Å². The molecule has 0 unspecified atom stereocenters. The molecule has 1 heterocycles. The highest BCUT2D eigenvalue weighted by Gasteiger charge is 2.12. The molecular weight excluding hydrogens is 334 g/mol. The number of aliphatic imine (C=N–C) groups is 1. The van der Waals surface area contributed by atoms with E-state index in [4.69, 9.17) is 17.3 Å². The van der Waals surface area contributed by atoms with Crippen LogP contribution in [0.15, 0.2) is 47.5 Å². The summed E-state index contributed by atoms with van der Waals surface area (Å²) in [5.41, 5.74) is 9.61. The molecule has 1 aromatic heterocycles. The minimum Gasteiger partial charge on any atom is -0.370 e. The summed E-state index contributed by atoms with van der Waals surface area (Å²) in [5, 5.41) is 4.46. The Morgan fingerprint density at radius 2 is 1.96 bits per heavy atom. The summed E-state index contributed by atoms with van der Waals surface area (Å²) in [5.74, 6) is 1.09. The summed E-state index contributed by atoms with van der Waals surface area (Å²) >= 11 is 6.20. The summed E-state index contributed by atoms with van der Waals surface area (Å²) in [4.78, 5) is 13.1. The number of aromatic nitrogens is 2. The topological polar surface area (TPSA) is 76.2 Å². The number of rotatable bonds is 3. The first-order chi connectivity index (χ1) is 12.0. The molecule has 0 aliphatic carbocycles. The van der Waals surface area contributed by atoms with Crippen molar-refractivity contribution in [3.8, 4) is 11.3 Å². The second kappa shape index (κ2) is 7.07. The quantitative estimate of drug-likeness (QED) is 0.539. The van der Waals surface area contributed by atoms with Crippen molar-refractivity contribution in [2.75, 3.05) is 12.4 Å². The van der Waals surface area contributed by atoms with Crippen molar-refractivity contribution in [3.63, 3.8) is 0 Å². The van der Waals surface area contributed by atoms with Gasteiger partial charge in [-0.05, 0) is 35.7 Å². The molecular formula is C19H20ClN5. The zero-order valence-corrected chi connectivity index (χ0v) is 15.2. The Hall–Kier alpha value is -2.66. The number of nitrogens with two attached hydrogens (primary N) is 1. The van der Waals surface area contributed by atoms with Crippen LogP contribution < -0.4 is 11.1 Å². The molecule has 0 spiro atoms. The predicted molar refractivity (Wildman–Crippen MR) is 105 cm³/mol. The molecule has 0 bridgehead atoms. The van der Waals surface area contributed by atoms with Gasteiger partial charge < -0.3 is 5.73 Å². The first-order valence-electron chi connectivity index (χ1n) is 8.05. The van der Waals surface area contributed by atoms with Gasteiger partial charge in [0.1, 0.15) is 0 Å². The highest BCUT2D eigenvalue weighted by atomic mass is 35.5. The minimum atomic E-state index is 0.259.